The van der Waals surface area contributed by atoms with Crippen molar-refractivity contribution in [1.29, 1.82) is 0 Å². The fourth-order valence-corrected chi connectivity index (χ4v) is 2.45. The average molecular weight is 248 g/mol. The van der Waals surface area contributed by atoms with Gasteiger partial charge in [0.2, 0.25) is 0 Å². The Morgan fingerprint density at radius 1 is 1.29 bits per heavy atom. The van der Waals surface area contributed by atoms with Crippen LogP contribution >= 0.6 is 34.5 Å². The second-order valence-corrected chi connectivity index (χ2v) is 4.64. The van der Waals surface area contributed by atoms with Crippen LogP contribution in [0.1, 0.15) is 17.2 Å². The molecule has 0 aliphatic carbocycles. The van der Waals surface area contributed by atoms with Crippen LogP contribution in [0.15, 0.2) is 28.2 Å². The van der Waals surface area contributed by atoms with Gasteiger partial charge in [-0.3, -0.25) is 0 Å². The van der Waals surface area contributed by atoms with E-state index in [0.29, 0.717) is 9.56 Å². The van der Waals surface area contributed by atoms with Gasteiger partial charge in [0.1, 0.15) is 0 Å². The van der Waals surface area contributed by atoms with Gasteiger partial charge in [0.25, 0.3) is 0 Å². The maximum absolute atomic E-state index is 5.98. The molecule has 0 radical (unpaired) electrons. The average Bonchev–Trinajstić information content (AvgIpc) is 2.73. The first-order valence-electron chi connectivity index (χ1n) is 3.91. The molecule has 1 atom stereocenters. The van der Waals surface area contributed by atoms with E-state index in [9.17, 15) is 0 Å². The standard InChI is InChI=1S/C9H7Cl2NOS/c10-8-5(1-3-13-8)7(12)6-2-4-14-9(6)11/h1-4,7H,12H2. The summed E-state index contributed by atoms with van der Waals surface area (Å²) in [7, 11) is 0. The Hall–Kier alpha value is -0.480. The summed E-state index contributed by atoms with van der Waals surface area (Å²) in [5.41, 5.74) is 7.62. The third-order valence-corrected chi connectivity index (χ3v) is 3.47. The van der Waals surface area contributed by atoms with E-state index in [4.69, 9.17) is 33.4 Å². The molecule has 74 valence electrons. The van der Waals surface area contributed by atoms with Gasteiger partial charge < -0.3 is 10.2 Å². The molecular formula is C9H7Cl2NOS. The lowest BCUT2D eigenvalue weighted by Gasteiger charge is -2.08. The summed E-state index contributed by atoms with van der Waals surface area (Å²) in [4.78, 5) is 0. The zero-order valence-corrected chi connectivity index (χ0v) is 9.36. The van der Waals surface area contributed by atoms with Gasteiger partial charge >= 0.3 is 0 Å². The van der Waals surface area contributed by atoms with Crippen molar-refractivity contribution in [3.63, 3.8) is 0 Å². The Kier molecular flexibility index (Phi) is 2.83. The van der Waals surface area contributed by atoms with Crippen molar-refractivity contribution in [3.05, 3.63) is 44.5 Å². The molecule has 2 aromatic rings. The molecule has 0 fully saturated rings. The molecule has 2 rings (SSSR count). The van der Waals surface area contributed by atoms with Gasteiger partial charge in [-0.15, -0.1) is 11.3 Å². The highest BCUT2D eigenvalue weighted by molar-refractivity contribution is 7.14. The van der Waals surface area contributed by atoms with Crippen LogP contribution in [-0.2, 0) is 0 Å². The molecular weight excluding hydrogens is 241 g/mol. The fraction of sp³-hybridized carbons (Fsp3) is 0.111. The van der Waals surface area contributed by atoms with E-state index in [1.54, 1.807) is 6.07 Å². The van der Waals surface area contributed by atoms with Crippen LogP contribution in [0.3, 0.4) is 0 Å². The molecule has 1 unspecified atom stereocenters. The van der Waals surface area contributed by atoms with Crippen LogP contribution < -0.4 is 5.73 Å². The van der Waals surface area contributed by atoms with Crippen molar-refractivity contribution < 1.29 is 4.42 Å². The molecule has 0 spiro atoms. The molecule has 14 heavy (non-hydrogen) atoms. The number of hydrogen-bond acceptors (Lipinski definition) is 3. The summed E-state index contributed by atoms with van der Waals surface area (Å²) in [5, 5.41) is 2.21. The van der Waals surface area contributed by atoms with E-state index in [1.165, 1.54) is 17.6 Å². The molecule has 0 aliphatic rings. The molecule has 0 aromatic carbocycles. The predicted octanol–water partition coefficient (Wildman–Crippen LogP) is 3.70. The largest absolute Gasteiger partial charge is 0.453 e. The summed E-state index contributed by atoms with van der Waals surface area (Å²) in [6, 6.07) is 3.32. The monoisotopic (exact) mass is 247 g/mol. The summed E-state index contributed by atoms with van der Waals surface area (Å²) < 4.78 is 5.66. The first kappa shape index (κ1) is 10.1. The van der Waals surface area contributed by atoms with Gasteiger partial charge in [-0.05, 0) is 29.1 Å². The second kappa shape index (κ2) is 3.95. The van der Waals surface area contributed by atoms with Crippen LogP contribution in [0.4, 0.5) is 0 Å². The van der Waals surface area contributed by atoms with E-state index in [0.717, 1.165) is 11.1 Å². The molecule has 0 saturated heterocycles. The van der Waals surface area contributed by atoms with Gasteiger partial charge in [-0.2, -0.15) is 0 Å². The van der Waals surface area contributed by atoms with Gasteiger partial charge in [0.15, 0.2) is 5.22 Å². The smallest absolute Gasteiger partial charge is 0.198 e. The number of rotatable bonds is 2. The maximum Gasteiger partial charge on any atom is 0.198 e. The van der Waals surface area contributed by atoms with E-state index in [2.05, 4.69) is 0 Å². The highest BCUT2D eigenvalue weighted by Gasteiger charge is 2.17. The SMILES string of the molecule is NC(c1ccoc1Cl)c1ccsc1Cl. The minimum atomic E-state index is -0.319. The highest BCUT2D eigenvalue weighted by Crippen LogP contribution is 2.33. The maximum atomic E-state index is 5.98. The van der Waals surface area contributed by atoms with Crippen LogP contribution in [-0.4, -0.2) is 0 Å². The summed E-state index contributed by atoms with van der Waals surface area (Å²) >= 11 is 13.2. The lowest BCUT2D eigenvalue weighted by molar-refractivity contribution is 0.564. The molecule has 0 aliphatic heterocycles. The molecule has 2 aromatic heterocycles. The number of hydrogen-bond donors (Lipinski definition) is 1. The molecule has 2 N–H and O–H groups in total. The van der Waals surface area contributed by atoms with Crippen molar-refractivity contribution in [2.24, 2.45) is 5.73 Å². The normalized spacial score (nSPS) is 13.1. The number of halogens is 2. The van der Waals surface area contributed by atoms with E-state index in [-0.39, 0.29) is 6.04 Å². The van der Waals surface area contributed by atoms with Crippen LogP contribution in [0.25, 0.3) is 0 Å². The molecule has 2 nitrogen and oxygen atoms in total. The fourth-order valence-electron chi connectivity index (χ4n) is 1.22. The van der Waals surface area contributed by atoms with Gasteiger partial charge in [-0.1, -0.05) is 11.6 Å². The van der Waals surface area contributed by atoms with Gasteiger partial charge in [-0.25, -0.2) is 0 Å². The molecule has 0 saturated carbocycles. The minimum Gasteiger partial charge on any atom is -0.453 e. The summed E-state index contributed by atoms with van der Waals surface area (Å²) in [6.07, 6.45) is 1.51. The Morgan fingerprint density at radius 2 is 2.07 bits per heavy atom. The quantitative estimate of drug-likeness (QED) is 0.880. The topological polar surface area (TPSA) is 39.2 Å². The third kappa shape index (κ3) is 1.68. The van der Waals surface area contributed by atoms with Crippen molar-refractivity contribution in [2.75, 3.05) is 0 Å². The first-order valence-corrected chi connectivity index (χ1v) is 5.55. The van der Waals surface area contributed by atoms with E-state index in [1.807, 2.05) is 11.4 Å². The Bertz CT molecular complexity index is 397. The second-order valence-electron chi connectivity index (χ2n) is 2.78. The zero-order valence-electron chi connectivity index (χ0n) is 7.04. The van der Waals surface area contributed by atoms with Crippen LogP contribution in [0.5, 0.6) is 0 Å². The number of thiophene rings is 1. The molecule has 0 amide bonds. The Balaban J connectivity index is 2.38. The summed E-state index contributed by atoms with van der Waals surface area (Å²) in [5.74, 6) is 0. The van der Waals surface area contributed by atoms with E-state index >= 15 is 0 Å². The zero-order chi connectivity index (χ0) is 10.1. The van der Waals surface area contributed by atoms with Crippen molar-refractivity contribution >= 4 is 34.5 Å². The third-order valence-electron chi connectivity index (χ3n) is 1.96. The number of furan rings is 1. The van der Waals surface area contributed by atoms with Crippen molar-refractivity contribution in [2.45, 2.75) is 6.04 Å². The lowest BCUT2D eigenvalue weighted by Crippen LogP contribution is -2.10. The molecule has 0 bridgehead atoms. The van der Waals surface area contributed by atoms with Crippen molar-refractivity contribution in [3.8, 4) is 0 Å². The van der Waals surface area contributed by atoms with Crippen LogP contribution in [0.2, 0.25) is 9.56 Å². The van der Waals surface area contributed by atoms with Gasteiger partial charge in [0, 0.05) is 11.1 Å². The number of nitrogens with two attached hydrogens (primary N) is 1. The Labute approximate surface area is 95.2 Å². The summed E-state index contributed by atoms with van der Waals surface area (Å²) in [6.45, 7) is 0. The van der Waals surface area contributed by atoms with E-state index < -0.39 is 0 Å². The van der Waals surface area contributed by atoms with Crippen molar-refractivity contribution in [1.82, 2.24) is 0 Å². The van der Waals surface area contributed by atoms with Crippen LogP contribution in [0, 0.1) is 0 Å². The van der Waals surface area contributed by atoms with Gasteiger partial charge in [0.05, 0.1) is 16.6 Å². The molecule has 2 heterocycles. The predicted molar refractivity (Wildman–Crippen MR) is 59.1 cm³/mol. The minimum absolute atomic E-state index is 0.319. The molecule has 5 heteroatoms. The highest BCUT2D eigenvalue weighted by atomic mass is 35.5. The lowest BCUT2D eigenvalue weighted by atomic mass is 10.1. The first-order chi connectivity index (χ1) is 6.70. The Morgan fingerprint density at radius 3 is 2.57 bits per heavy atom.